The molecule has 4 aromatic carbocycles. The molecule has 0 saturated carbocycles. The van der Waals surface area contributed by atoms with Crippen molar-refractivity contribution in [2.24, 2.45) is 0 Å². The van der Waals surface area contributed by atoms with E-state index < -0.39 is 12.1 Å². The smallest absolute Gasteiger partial charge is 0.247 e. The summed E-state index contributed by atoms with van der Waals surface area (Å²) in [4.78, 5) is 62.4. The van der Waals surface area contributed by atoms with E-state index in [1.54, 1.807) is 11.1 Å². The van der Waals surface area contributed by atoms with Gasteiger partial charge in [-0.2, -0.15) is 0 Å². The van der Waals surface area contributed by atoms with Gasteiger partial charge in [0.25, 0.3) is 0 Å². The van der Waals surface area contributed by atoms with Gasteiger partial charge in [-0.15, -0.1) is 0 Å². The molecule has 2 saturated heterocycles. The Morgan fingerprint density at radius 2 is 1.43 bits per heavy atom. The minimum Gasteiger partial charge on any atom is -0.436 e. The zero-order valence-electron chi connectivity index (χ0n) is 33.7. The Morgan fingerprint density at radius 1 is 0.793 bits per heavy atom. The molecular formula is C46H50N8O4. The average Bonchev–Trinajstić information content (AvgIpc) is 4.05. The lowest BCUT2D eigenvalue weighted by molar-refractivity contribution is -0.140. The lowest BCUT2D eigenvalue weighted by Gasteiger charge is -2.31. The molecule has 4 heterocycles. The van der Waals surface area contributed by atoms with E-state index in [1.807, 2.05) is 147 Å². The van der Waals surface area contributed by atoms with Gasteiger partial charge in [0.1, 0.15) is 23.9 Å². The van der Waals surface area contributed by atoms with Crippen LogP contribution in [0.3, 0.4) is 0 Å². The summed E-state index contributed by atoms with van der Waals surface area (Å²) in [6.45, 7) is 3.14. The first-order valence-electron chi connectivity index (χ1n) is 20.0. The van der Waals surface area contributed by atoms with Crippen molar-refractivity contribution in [3.05, 3.63) is 126 Å². The summed E-state index contributed by atoms with van der Waals surface area (Å²) >= 11 is 0. The van der Waals surface area contributed by atoms with Crippen molar-refractivity contribution in [1.29, 1.82) is 0 Å². The second kappa shape index (κ2) is 16.4. The Morgan fingerprint density at radius 3 is 2.10 bits per heavy atom. The van der Waals surface area contributed by atoms with Crippen LogP contribution in [0.4, 0.5) is 5.69 Å². The number of rotatable bonds is 11. The number of carbonyl (C=O) groups excluding carboxylic acids is 3. The molecule has 2 aliphatic heterocycles. The van der Waals surface area contributed by atoms with Gasteiger partial charge < -0.3 is 24.5 Å². The first kappa shape index (κ1) is 38.7. The van der Waals surface area contributed by atoms with Crippen LogP contribution in [-0.4, -0.2) is 99.6 Å². The third-order valence-corrected chi connectivity index (χ3v) is 11.5. The monoisotopic (exact) mass is 778 g/mol. The molecule has 4 atom stereocenters. The number of carbonyl (C=O) groups is 3. The maximum absolute atomic E-state index is 14.0. The standard InChI is InChI=1S/C46H50N8O4/c1-29-33(19-12-20-34(29)50-43(55)38-22-14-26-54(38)46(57)41(52(4)5)31-17-10-7-11-18-31)44-47-28-39(58-44)32-23-24-35-36(27-32)49-42(48-35)37-21-13-25-53(37)45(56)40(51(2)3)30-15-8-6-9-16-30/h6-12,15-20,23-24,27-28,37-38,40-41H,13-14,21-22,25-26H2,1-5H3,(H,48,49)(H,50,55)/t37-,38+,40-,41+/m0/s1. The summed E-state index contributed by atoms with van der Waals surface area (Å²) in [6, 6.07) is 29.6. The number of aromatic nitrogens is 3. The van der Waals surface area contributed by atoms with Gasteiger partial charge in [-0.05, 0) is 108 Å². The van der Waals surface area contributed by atoms with Crippen LogP contribution in [-0.2, 0) is 14.4 Å². The molecule has 12 heteroatoms. The number of fused-ring (bicyclic) bond motifs is 1. The second-order valence-electron chi connectivity index (χ2n) is 15.8. The van der Waals surface area contributed by atoms with Gasteiger partial charge in [0.15, 0.2) is 5.76 Å². The van der Waals surface area contributed by atoms with Crippen LogP contribution in [0.15, 0.2) is 108 Å². The molecule has 3 amide bonds. The lowest BCUT2D eigenvalue weighted by atomic mass is 10.0. The topological polar surface area (TPSA) is 131 Å². The Kier molecular flexibility index (Phi) is 11.0. The van der Waals surface area contributed by atoms with E-state index in [2.05, 4.69) is 15.3 Å². The maximum Gasteiger partial charge on any atom is 0.247 e. The zero-order valence-corrected chi connectivity index (χ0v) is 33.7. The molecule has 0 aliphatic carbocycles. The van der Waals surface area contributed by atoms with Gasteiger partial charge >= 0.3 is 0 Å². The van der Waals surface area contributed by atoms with E-state index >= 15 is 0 Å². The normalized spacial score (nSPS) is 18.0. The van der Waals surface area contributed by atoms with Gasteiger partial charge in [-0.3, -0.25) is 24.2 Å². The zero-order chi connectivity index (χ0) is 40.5. The quantitative estimate of drug-likeness (QED) is 0.139. The van der Waals surface area contributed by atoms with Crippen LogP contribution in [0.1, 0.15) is 66.3 Å². The van der Waals surface area contributed by atoms with Crippen LogP contribution in [0.5, 0.6) is 0 Å². The Bertz CT molecular complexity index is 2420. The number of nitrogens with zero attached hydrogens (tertiary/aromatic N) is 6. The van der Waals surface area contributed by atoms with Gasteiger partial charge in [-0.25, -0.2) is 9.97 Å². The molecular weight excluding hydrogens is 729 g/mol. The highest BCUT2D eigenvalue weighted by Gasteiger charge is 2.39. The predicted octanol–water partition coefficient (Wildman–Crippen LogP) is 7.39. The SMILES string of the molecule is Cc1c(NC(=O)[C@H]2CCCN2C(=O)[C@@H](c2ccccc2)N(C)C)cccc1-c1ncc(-c2ccc3nc([C@@H]4CCCN4C(=O)[C@H](c4ccccc4)N(C)C)[nH]c3c2)o1. The van der Waals surface area contributed by atoms with Crippen molar-refractivity contribution in [2.75, 3.05) is 46.6 Å². The number of hydrogen-bond acceptors (Lipinski definition) is 8. The first-order chi connectivity index (χ1) is 28.1. The van der Waals surface area contributed by atoms with Crippen LogP contribution in [0.2, 0.25) is 0 Å². The molecule has 2 fully saturated rings. The van der Waals surface area contributed by atoms with Gasteiger partial charge in [0, 0.05) is 29.9 Å². The molecule has 6 aromatic rings. The van der Waals surface area contributed by atoms with Crippen molar-refractivity contribution in [3.63, 3.8) is 0 Å². The number of nitrogens with one attached hydrogen (secondary N) is 2. The highest BCUT2D eigenvalue weighted by atomic mass is 16.4. The Balaban J connectivity index is 0.980. The number of amides is 3. The molecule has 0 spiro atoms. The summed E-state index contributed by atoms with van der Waals surface area (Å²) in [7, 11) is 7.66. The van der Waals surface area contributed by atoms with E-state index in [4.69, 9.17) is 9.40 Å². The highest BCUT2D eigenvalue weighted by Crippen LogP contribution is 2.37. The summed E-state index contributed by atoms with van der Waals surface area (Å²) < 4.78 is 6.36. The number of aromatic amines is 1. The molecule has 8 rings (SSSR count). The number of oxazole rings is 1. The first-order valence-corrected chi connectivity index (χ1v) is 20.0. The minimum absolute atomic E-state index is 0.0700. The summed E-state index contributed by atoms with van der Waals surface area (Å²) in [6.07, 6.45) is 4.80. The van der Waals surface area contributed by atoms with Crippen LogP contribution in [0, 0.1) is 6.92 Å². The van der Waals surface area contributed by atoms with Crippen LogP contribution in [0.25, 0.3) is 33.8 Å². The minimum atomic E-state index is -0.575. The number of hydrogen-bond donors (Lipinski definition) is 2. The van der Waals surface area contributed by atoms with Gasteiger partial charge in [0.05, 0.1) is 23.3 Å². The highest BCUT2D eigenvalue weighted by molar-refractivity contribution is 5.99. The third-order valence-electron chi connectivity index (χ3n) is 11.5. The number of likely N-dealkylation sites (N-methyl/N-ethyl adjacent to an activating group) is 2. The van der Waals surface area contributed by atoms with Crippen molar-refractivity contribution < 1.29 is 18.8 Å². The van der Waals surface area contributed by atoms with E-state index in [0.717, 1.165) is 63.9 Å². The molecule has 2 N–H and O–H groups in total. The van der Waals surface area contributed by atoms with Gasteiger partial charge in [-0.1, -0.05) is 66.7 Å². The summed E-state index contributed by atoms with van der Waals surface area (Å²) in [5.41, 5.74) is 6.55. The summed E-state index contributed by atoms with van der Waals surface area (Å²) in [5, 5.41) is 3.12. The molecule has 0 radical (unpaired) electrons. The Labute approximate surface area is 338 Å². The number of benzene rings is 4. The molecule has 2 aromatic heterocycles. The van der Waals surface area contributed by atoms with E-state index in [0.29, 0.717) is 36.8 Å². The number of likely N-dealkylation sites (tertiary alicyclic amines) is 2. The van der Waals surface area contributed by atoms with Crippen molar-refractivity contribution >= 4 is 34.4 Å². The fourth-order valence-corrected chi connectivity index (χ4v) is 8.62. The van der Waals surface area contributed by atoms with Crippen molar-refractivity contribution in [1.82, 2.24) is 34.6 Å². The molecule has 0 bridgehead atoms. The fourth-order valence-electron chi connectivity index (χ4n) is 8.62. The van der Waals surface area contributed by atoms with E-state index in [-0.39, 0.29) is 29.8 Å². The van der Waals surface area contributed by atoms with Crippen LogP contribution < -0.4 is 5.32 Å². The molecule has 12 nitrogen and oxygen atoms in total. The van der Waals surface area contributed by atoms with Gasteiger partial charge in [0.2, 0.25) is 23.6 Å². The van der Waals surface area contributed by atoms with E-state index in [1.165, 1.54) is 0 Å². The largest absolute Gasteiger partial charge is 0.436 e. The third kappa shape index (κ3) is 7.52. The number of anilines is 1. The van der Waals surface area contributed by atoms with E-state index in [9.17, 15) is 14.4 Å². The molecule has 58 heavy (non-hydrogen) atoms. The van der Waals surface area contributed by atoms with Crippen molar-refractivity contribution in [2.45, 2.75) is 56.8 Å². The van der Waals surface area contributed by atoms with Crippen molar-refractivity contribution in [3.8, 4) is 22.8 Å². The predicted molar refractivity (Wildman–Crippen MR) is 225 cm³/mol. The molecule has 2 aliphatic rings. The summed E-state index contributed by atoms with van der Waals surface area (Å²) in [5.74, 6) is 1.57. The Hall–Kier alpha value is -6.11. The number of imidazole rings is 1. The average molecular weight is 779 g/mol. The maximum atomic E-state index is 14.0. The van der Waals surface area contributed by atoms with Crippen LogP contribution >= 0.6 is 0 Å². The molecule has 0 unspecified atom stereocenters. The number of H-pyrrole nitrogens is 1. The second-order valence-corrected chi connectivity index (χ2v) is 15.8. The fraction of sp³-hybridized carbons (Fsp3) is 0.326. The molecule has 298 valence electrons. The lowest BCUT2D eigenvalue weighted by Crippen LogP contribution is -2.47.